The number of carbonyl (C=O) groups is 1. The number of nitrogens with one attached hydrogen (secondary N) is 1. The normalized spacial score (nSPS) is 21.6. The van der Waals surface area contributed by atoms with E-state index in [1.807, 2.05) is 0 Å². The zero-order valence-electron chi connectivity index (χ0n) is 17.1. The highest BCUT2D eigenvalue weighted by molar-refractivity contribution is 5.79. The van der Waals surface area contributed by atoms with Crippen LogP contribution in [-0.4, -0.2) is 58.4 Å². The molecule has 150 valence electrons. The third kappa shape index (κ3) is 4.96. The van der Waals surface area contributed by atoms with Gasteiger partial charge in [0.1, 0.15) is 5.82 Å². The van der Waals surface area contributed by atoms with E-state index in [-0.39, 0.29) is 23.8 Å². The van der Waals surface area contributed by atoms with Gasteiger partial charge in [0.15, 0.2) is 5.82 Å². The Balaban J connectivity index is 1.72. The molecule has 2 aliphatic heterocycles. The molecule has 0 bridgehead atoms. The second-order valence-electron chi connectivity index (χ2n) is 8.25. The number of fused-ring (bicyclic) bond motifs is 1. The highest BCUT2D eigenvalue weighted by Crippen LogP contribution is 2.24. The first-order valence-electron chi connectivity index (χ1n) is 10.1. The van der Waals surface area contributed by atoms with E-state index in [0.29, 0.717) is 13.2 Å². The summed E-state index contributed by atoms with van der Waals surface area (Å²) in [5, 5.41) is 12.1. The summed E-state index contributed by atoms with van der Waals surface area (Å²) in [5.74, 6) is 2.18. The molecule has 1 fully saturated rings. The zero-order chi connectivity index (χ0) is 19.4. The van der Waals surface area contributed by atoms with Gasteiger partial charge in [-0.1, -0.05) is 25.5 Å². The van der Waals surface area contributed by atoms with Gasteiger partial charge in [-0.15, -0.1) is 10.2 Å². The SMILES string of the molecule is CC(C)=CCN1CCc2nnc(C(NC(=O)C3CCOC3)C(C)C)n2CC1. The van der Waals surface area contributed by atoms with Crippen LogP contribution in [0.1, 0.15) is 51.8 Å². The Labute approximate surface area is 162 Å². The second-order valence-corrected chi connectivity index (χ2v) is 8.25. The number of hydrogen-bond acceptors (Lipinski definition) is 5. The van der Waals surface area contributed by atoms with E-state index in [9.17, 15) is 4.79 Å². The van der Waals surface area contributed by atoms with Gasteiger partial charge in [-0.3, -0.25) is 9.69 Å². The fourth-order valence-electron chi connectivity index (χ4n) is 3.66. The highest BCUT2D eigenvalue weighted by Gasteiger charge is 2.31. The van der Waals surface area contributed by atoms with E-state index in [1.54, 1.807) is 0 Å². The molecule has 3 rings (SSSR count). The average Bonchev–Trinajstić information content (AvgIpc) is 3.25. The maximum absolute atomic E-state index is 12.6. The molecule has 2 unspecified atom stereocenters. The number of carbonyl (C=O) groups excluding carboxylic acids is 1. The van der Waals surface area contributed by atoms with Crippen molar-refractivity contribution in [1.82, 2.24) is 25.0 Å². The number of amides is 1. The molecule has 1 amide bonds. The molecule has 0 aliphatic carbocycles. The van der Waals surface area contributed by atoms with Crippen molar-refractivity contribution in [3.63, 3.8) is 0 Å². The summed E-state index contributed by atoms with van der Waals surface area (Å²) >= 11 is 0. The summed E-state index contributed by atoms with van der Waals surface area (Å²) in [4.78, 5) is 15.1. The van der Waals surface area contributed by atoms with Crippen LogP contribution in [0.4, 0.5) is 0 Å². The van der Waals surface area contributed by atoms with Gasteiger partial charge in [0.05, 0.1) is 18.6 Å². The van der Waals surface area contributed by atoms with Gasteiger partial charge in [-0.05, 0) is 26.2 Å². The topological polar surface area (TPSA) is 72.3 Å². The predicted octanol–water partition coefficient (Wildman–Crippen LogP) is 1.95. The van der Waals surface area contributed by atoms with Gasteiger partial charge in [-0.25, -0.2) is 0 Å². The van der Waals surface area contributed by atoms with Gasteiger partial charge < -0.3 is 14.6 Å². The number of allylic oxidation sites excluding steroid dienone is 1. The predicted molar refractivity (Wildman–Crippen MR) is 104 cm³/mol. The van der Waals surface area contributed by atoms with E-state index >= 15 is 0 Å². The van der Waals surface area contributed by atoms with Crippen molar-refractivity contribution in [3.8, 4) is 0 Å². The number of aromatic nitrogens is 3. The molecule has 3 heterocycles. The van der Waals surface area contributed by atoms with Crippen LogP contribution in [-0.2, 0) is 22.5 Å². The van der Waals surface area contributed by atoms with Gasteiger partial charge in [0.2, 0.25) is 5.91 Å². The Morgan fingerprint density at radius 2 is 2.11 bits per heavy atom. The molecular weight excluding hydrogens is 342 g/mol. The second kappa shape index (κ2) is 8.97. The molecule has 1 aromatic rings. The minimum Gasteiger partial charge on any atom is -0.381 e. The number of rotatable bonds is 6. The summed E-state index contributed by atoms with van der Waals surface area (Å²) in [6.45, 7) is 13.5. The average molecular weight is 376 g/mol. The number of hydrogen-bond donors (Lipinski definition) is 1. The smallest absolute Gasteiger partial charge is 0.226 e. The fourth-order valence-corrected chi connectivity index (χ4v) is 3.66. The summed E-state index contributed by atoms with van der Waals surface area (Å²) in [6, 6.07) is -0.122. The van der Waals surface area contributed by atoms with Crippen LogP contribution >= 0.6 is 0 Å². The van der Waals surface area contributed by atoms with Crippen molar-refractivity contribution in [3.05, 3.63) is 23.3 Å². The lowest BCUT2D eigenvalue weighted by Crippen LogP contribution is -2.38. The van der Waals surface area contributed by atoms with Crippen molar-refractivity contribution in [2.75, 3.05) is 32.8 Å². The quantitative estimate of drug-likeness (QED) is 0.770. The molecule has 1 aromatic heterocycles. The monoisotopic (exact) mass is 375 g/mol. The Hall–Kier alpha value is -1.73. The number of ether oxygens (including phenoxy) is 1. The van der Waals surface area contributed by atoms with Gasteiger partial charge >= 0.3 is 0 Å². The van der Waals surface area contributed by atoms with Gasteiger partial charge in [0, 0.05) is 39.2 Å². The van der Waals surface area contributed by atoms with Crippen molar-refractivity contribution >= 4 is 5.91 Å². The van der Waals surface area contributed by atoms with Crippen LogP contribution in [0, 0.1) is 11.8 Å². The van der Waals surface area contributed by atoms with E-state index in [2.05, 4.69) is 58.8 Å². The maximum Gasteiger partial charge on any atom is 0.226 e. The van der Waals surface area contributed by atoms with E-state index in [0.717, 1.165) is 50.7 Å². The lowest BCUT2D eigenvalue weighted by molar-refractivity contribution is -0.126. The maximum atomic E-state index is 12.6. The summed E-state index contributed by atoms with van der Waals surface area (Å²) in [5.41, 5.74) is 1.35. The standard InChI is InChI=1S/C20H33N5O2/c1-14(2)5-8-24-9-6-17-22-23-19(25(17)11-10-24)18(15(3)4)21-20(26)16-7-12-27-13-16/h5,15-16,18H,6-13H2,1-4H3,(H,21,26). The Morgan fingerprint density at radius 3 is 2.78 bits per heavy atom. The van der Waals surface area contributed by atoms with Crippen LogP contribution in [0.25, 0.3) is 0 Å². The highest BCUT2D eigenvalue weighted by atomic mass is 16.5. The van der Waals surface area contributed by atoms with Crippen molar-refractivity contribution in [2.45, 2.75) is 53.1 Å². The molecule has 1 saturated heterocycles. The Kier molecular flexibility index (Phi) is 6.65. The number of nitrogens with zero attached hydrogens (tertiary/aromatic N) is 4. The van der Waals surface area contributed by atoms with Crippen LogP contribution in [0.3, 0.4) is 0 Å². The van der Waals surface area contributed by atoms with Crippen molar-refractivity contribution in [2.24, 2.45) is 11.8 Å². The third-order valence-corrected chi connectivity index (χ3v) is 5.45. The molecule has 0 aromatic carbocycles. The zero-order valence-corrected chi connectivity index (χ0v) is 17.1. The lowest BCUT2D eigenvalue weighted by atomic mass is 10.0. The molecule has 7 heteroatoms. The molecule has 2 atom stereocenters. The minimum absolute atomic E-state index is 0.0441. The van der Waals surface area contributed by atoms with Gasteiger partial charge in [-0.2, -0.15) is 0 Å². The molecule has 0 radical (unpaired) electrons. The van der Waals surface area contributed by atoms with Crippen LogP contribution in [0.2, 0.25) is 0 Å². The largest absolute Gasteiger partial charge is 0.381 e. The summed E-state index contributed by atoms with van der Waals surface area (Å²) in [6.07, 6.45) is 3.96. The fraction of sp³-hybridized carbons (Fsp3) is 0.750. The molecule has 2 aliphatic rings. The van der Waals surface area contributed by atoms with Crippen LogP contribution in [0.5, 0.6) is 0 Å². The molecule has 0 spiro atoms. The summed E-state index contributed by atoms with van der Waals surface area (Å²) < 4.78 is 7.59. The van der Waals surface area contributed by atoms with Crippen LogP contribution < -0.4 is 5.32 Å². The van der Waals surface area contributed by atoms with Crippen molar-refractivity contribution < 1.29 is 9.53 Å². The molecule has 1 N–H and O–H groups in total. The first-order valence-corrected chi connectivity index (χ1v) is 10.1. The summed E-state index contributed by atoms with van der Waals surface area (Å²) in [7, 11) is 0. The molecule has 27 heavy (non-hydrogen) atoms. The van der Waals surface area contributed by atoms with Gasteiger partial charge in [0.25, 0.3) is 0 Å². The molecule has 7 nitrogen and oxygen atoms in total. The van der Waals surface area contributed by atoms with E-state index in [1.165, 1.54) is 5.57 Å². The molecular formula is C20H33N5O2. The van der Waals surface area contributed by atoms with E-state index in [4.69, 9.17) is 4.74 Å². The van der Waals surface area contributed by atoms with E-state index < -0.39 is 0 Å². The minimum atomic E-state index is -0.122. The Bertz CT molecular complexity index is 672. The van der Waals surface area contributed by atoms with Crippen LogP contribution in [0.15, 0.2) is 11.6 Å². The third-order valence-electron chi connectivity index (χ3n) is 5.45. The first kappa shape index (κ1) is 20.0. The first-order chi connectivity index (χ1) is 13.0. The molecule has 0 saturated carbocycles. The van der Waals surface area contributed by atoms with Crippen molar-refractivity contribution in [1.29, 1.82) is 0 Å². The lowest BCUT2D eigenvalue weighted by Gasteiger charge is -2.24. The Morgan fingerprint density at radius 1 is 1.30 bits per heavy atom.